The lowest BCUT2D eigenvalue weighted by atomic mass is 9.65. The van der Waals surface area contributed by atoms with Gasteiger partial charge in [-0.15, -0.1) is 0 Å². The van der Waals surface area contributed by atoms with Crippen LogP contribution in [0, 0.1) is 0 Å². The Kier molecular flexibility index (Phi) is 5.21. The van der Waals surface area contributed by atoms with Gasteiger partial charge in [0.15, 0.2) is 0 Å². The second-order valence-electron chi connectivity index (χ2n) is 9.39. The predicted molar refractivity (Wildman–Crippen MR) is 137 cm³/mol. The third-order valence-electron chi connectivity index (χ3n) is 7.47. The van der Waals surface area contributed by atoms with Crippen LogP contribution in [0.4, 0.5) is 5.69 Å². The van der Waals surface area contributed by atoms with Crippen LogP contribution >= 0.6 is 0 Å². The van der Waals surface area contributed by atoms with Crippen molar-refractivity contribution in [2.75, 3.05) is 19.1 Å². The van der Waals surface area contributed by atoms with E-state index in [-0.39, 0.29) is 11.7 Å². The fraction of sp³-hybridized carbons (Fsp3) is 0.241. The molecule has 3 aromatic carbocycles. The quantitative estimate of drug-likeness (QED) is 0.408. The number of aromatic hydroxyl groups is 1. The number of carbonyl (C=O) groups excluding carboxylic acids is 1. The SMILES string of the molecule is COc1ccc(CN2C(=O)C3(CCC3)c3cc(-c4ccnn4-c4ccc(O)cc4)cc(OC)c32)cc1. The first-order chi connectivity index (χ1) is 17.5. The Morgan fingerprint density at radius 1 is 0.972 bits per heavy atom. The number of fused-ring (bicyclic) bond motifs is 2. The number of ether oxygens (including phenoxy) is 2. The fourth-order valence-corrected chi connectivity index (χ4v) is 5.43. The van der Waals surface area contributed by atoms with E-state index in [1.807, 2.05) is 58.1 Å². The molecule has 6 rings (SSSR count). The Balaban J connectivity index is 1.46. The molecular weight excluding hydrogens is 454 g/mol. The number of aromatic nitrogens is 2. The second kappa shape index (κ2) is 8.45. The molecule has 0 radical (unpaired) electrons. The molecule has 0 unspecified atom stereocenters. The van der Waals surface area contributed by atoms with Gasteiger partial charge in [0.1, 0.15) is 17.2 Å². The van der Waals surface area contributed by atoms with Gasteiger partial charge >= 0.3 is 0 Å². The number of benzene rings is 3. The summed E-state index contributed by atoms with van der Waals surface area (Å²) in [6.07, 6.45) is 4.45. The Labute approximate surface area is 209 Å². The molecule has 0 saturated heterocycles. The molecule has 1 aliphatic heterocycles. The topological polar surface area (TPSA) is 76.8 Å². The van der Waals surface area contributed by atoms with Gasteiger partial charge in [-0.25, -0.2) is 4.68 Å². The maximum absolute atomic E-state index is 13.9. The van der Waals surface area contributed by atoms with Crippen molar-refractivity contribution >= 4 is 11.6 Å². The molecular formula is C29H27N3O4. The fourth-order valence-electron chi connectivity index (χ4n) is 5.43. The van der Waals surface area contributed by atoms with Gasteiger partial charge in [0.25, 0.3) is 0 Å². The van der Waals surface area contributed by atoms with Crippen molar-refractivity contribution in [1.29, 1.82) is 0 Å². The average molecular weight is 482 g/mol. The van der Waals surface area contributed by atoms with Crippen LogP contribution in [0.3, 0.4) is 0 Å². The molecule has 0 bridgehead atoms. The van der Waals surface area contributed by atoms with Crippen molar-refractivity contribution in [1.82, 2.24) is 9.78 Å². The van der Waals surface area contributed by atoms with Crippen LogP contribution in [0.2, 0.25) is 0 Å². The number of rotatable bonds is 6. The number of nitrogens with zero attached hydrogens (tertiary/aromatic N) is 3. The maximum atomic E-state index is 13.9. The van der Waals surface area contributed by atoms with Crippen LogP contribution < -0.4 is 14.4 Å². The van der Waals surface area contributed by atoms with Crippen LogP contribution in [0.15, 0.2) is 72.9 Å². The summed E-state index contributed by atoms with van der Waals surface area (Å²) in [5, 5.41) is 14.2. The Bertz CT molecular complexity index is 1440. The summed E-state index contributed by atoms with van der Waals surface area (Å²) >= 11 is 0. The summed E-state index contributed by atoms with van der Waals surface area (Å²) in [5.41, 5.74) is 5.07. The van der Waals surface area contributed by atoms with Gasteiger partial charge < -0.3 is 19.5 Å². The largest absolute Gasteiger partial charge is 0.508 e. The summed E-state index contributed by atoms with van der Waals surface area (Å²) < 4.78 is 13.0. The van der Waals surface area contributed by atoms with Gasteiger partial charge in [0, 0.05) is 5.56 Å². The maximum Gasteiger partial charge on any atom is 0.238 e. The average Bonchev–Trinajstić information content (AvgIpc) is 3.46. The molecule has 1 spiro atoms. The van der Waals surface area contributed by atoms with Gasteiger partial charge in [-0.2, -0.15) is 5.10 Å². The molecule has 7 nitrogen and oxygen atoms in total. The standard InChI is InChI=1S/C29H27N3O4/c1-35-23-10-4-19(5-11-23)18-31-27-24(29(28(31)34)13-3-14-29)16-20(17-26(27)36-2)25-12-15-30-32(25)21-6-8-22(33)9-7-21/h4-12,15-17,33H,3,13-14,18H2,1-2H3. The normalized spacial score (nSPS) is 15.6. The van der Waals surface area contributed by atoms with Crippen LogP contribution in [0.5, 0.6) is 17.2 Å². The minimum absolute atomic E-state index is 0.141. The smallest absolute Gasteiger partial charge is 0.238 e. The molecule has 1 saturated carbocycles. The highest BCUT2D eigenvalue weighted by Crippen LogP contribution is 2.57. The lowest BCUT2D eigenvalue weighted by molar-refractivity contribution is -0.126. The van der Waals surface area contributed by atoms with Gasteiger partial charge in [-0.3, -0.25) is 4.79 Å². The highest BCUT2D eigenvalue weighted by molar-refractivity contribution is 6.10. The summed E-state index contributed by atoms with van der Waals surface area (Å²) in [6, 6.07) is 20.8. The first kappa shape index (κ1) is 22.2. The van der Waals surface area contributed by atoms with Crippen molar-refractivity contribution < 1.29 is 19.4 Å². The third kappa shape index (κ3) is 3.34. The monoisotopic (exact) mass is 481 g/mol. The van der Waals surface area contributed by atoms with E-state index in [1.165, 1.54) is 0 Å². The molecule has 1 aromatic heterocycles. The number of carbonyl (C=O) groups is 1. The number of phenolic OH excluding ortho intramolecular Hbond substituents is 1. The lowest BCUT2D eigenvalue weighted by Gasteiger charge is -2.37. The van der Waals surface area contributed by atoms with E-state index in [4.69, 9.17) is 9.47 Å². The van der Waals surface area contributed by atoms with E-state index in [9.17, 15) is 9.90 Å². The highest BCUT2D eigenvalue weighted by Gasteiger charge is 2.55. The second-order valence-corrected chi connectivity index (χ2v) is 9.39. The van der Waals surface area contributed by atoms with E-state index < -0.39 is 5.41 Å². The molecule has 2 heterocycles. The van der Waals surface area contributed by atoms with Crippen LogP contribution in [0.1, 0.15) is 30.4 Å². The van der Waals surface area contributed by atoms with E-state index in [1.54, 1.807) is 32.5 Å². The number of amides is 1. The molecule has 1 fully saturated rings. The van der Waals surface area contributed by atoms with Crippen molar-refractivity contribution in [2.45, 2.75) is 31.2 Å². The Morgan fingerprint density at radius 2 is 1.72 bits per heavy atom. The molecule has 36 heavy (non-hydrogen) atoms. The molecule has 4 aromatic rings. The van der Waals surface area contributed by atoms with Crippen LogP contribution in [-0.4, -0.2) is 35.0 Å². The summed E-state index contributed by atoms with van der Waals surface area (Å²) in [5.74, 6) is 1.80. The van der Waals surface area contributed by atoms with Crippen molar-refractivity contribution in [3.05, 3.63) is 84.1 Å². The van der Waals surface area contributed by atoms with Crippen LogP contribution in [0.25, 0.3) is 16.9 Å². The molecule has 7 heteroatoms. The van der Waals surface area contributed by atoms with Gasteiger partial charge in [-0.1, -0.05) is 18.6 Å². The molecule has 1 aliphatic carbocycles. The van der Waals surface area contributed by atoms with E-state index in [2.05, 4.69) is 11.2 Å². The predicted octanol–water partition coefficient (Wildman–Crippen LogP) is 5.23. The zero-order chi connectivity index (χ0) is 24.9. The van der Waals surface area contributed by atoms with Crippen molar-refractivity contribution in [3.8, 4) is 34.2 Å². The lowest BCUT2D eigenvalue weighted by Crippen LogP contribution is -2.44. The minimum Gasteiger partial charge on any atom is -0.508 e. The third-order valence-corrected chi connectivity index (χ3v) is 7.47. The van der Waals surface area contributed by atoms with E-state index in [0.29, 0.717) is 12.3 Å². The van der Waals surface area contributed by atoms with Gasteiger partial charge in [0.05, 0.1) is 49.4 Å². The number of methoxy groups -OCH3 is 2. The van der Waals surface area contributed by atoms with Gasteiger partial charge in [0.2, 0.25) is 5.91 Å². The molecule has 1 amide bonds. The number of phenols is 1. The Hall–Kier alpha value is -4.26. The summed E-state index contributed by atoms with van der Waals surface area (Å²) in [7, 11) is 3.30. The first-order valence-corrected chi connectivity index (χ1v) is 12.1. The minimum atomic E-state index is -0.505. The molecule has 2 aliphatic rings. The van der Waals surface area contributed by atoms with Crippen molar-refractivity contribution in [2.24, 2.45) is 0 Å². The first-order valence-electron chi connectivity index (χ1n) is 12.1. The molecule has 1 N–H and O–H groups in total. The van der Waals surface area contributed by atoms with E-state index >= 15 is 0 Å². The van der Waals surface area contributed by atoms with Gasteiger partial charge in [-0.05, 0) is 78.6 Å². The van der Waals surface area contributed by atoms with E-state index in [0.717, 1.165) is 58.8 Å². The zero-order valence-corrected chi connectivity index (χ0v) is 20.3. The number of hydrogen-bond acceptors (Lipinski definition) is 5. The van der Waals surface area contributed by atoms with Crippen molar-refractivity contribution in [3.63, 3.8) is 0 Å². The summed E-state index contributed by atoms with van der Waals surface area (Å²) in [6.45, 7) is 0.471. The molecule has 182 valence electrons. The zero-order valence-electron chi connectivity index (χ0n) is 20.3. The Morgan fingerprint density at radius 3 is 2.36 bits per heavy atom. The number of hydrogen-bond donors (Lipinski definition) is 1. The number of anilines is 1. The summed E-state index contributed by atoms with van der Waals surface area (Å²) in [4.78, 5) is 15.8. The van der Waals surface area contributed by atoms with Crippen LogP contribution in [-0.2, 0) is 16.8 Å². The molecule has 0 atom stereocenters. The highest BCUT2D eigenvalue weighted by atomic mass is 16.5.